The number of para-hydroxylation sites is 1. The molecule has 2 N–H and O–H groups in total. The first kappa shape index (κ1) is 18.0. The second-order valence-electron chi connectivity index (χ2n) is 6.02. The smallest absolute Gasteiger partial charge is 0.258 e. The third kappa shape index (κ3) is 4.06. The van der Waals surface area contributed by atoms with Gasteiger partial charge in [0.2, 0.25) is 0 Å². The van der Waals surface area contributed by atoms with Crippen LogP contribution in [0.3, 0.4) is 0 Å². The third-order valence-electron chi connectivity index (χ3n) is 4.53. The van der Waals surface area contributed by atoms with E-state index in [-0.39, 0.29) is 11.1 Å². The van der Waals surface area contributed by atoms with Crippen molar-refractivity contribution in [3.63, 3.8) is 0 Å². The van der Waals surface area contributed by atoms with Gasteiger partial charge in [-0.05, 0) is 31.2 Å². The fourth-order valence-electron chi connectivity index (χ4n) is 3.08. The van der Waals surface area contributed by atoms with Gasteiger partial charge in [0, 0.05) is 6.20 Å². The molecule has 3 rings (SSSR count). The Kier molecular flexibility index (Phi) is 5.78. The van der Waals surface area contributed by atoms with Crippen LogP contribution in [-0.4, -0.2) is 43.6 Å². The van der Waals surface area contributed by atoms with Gasteiger partial charge in [-0.1, -0.05) is 29.3 Å². The van der Waals surface area contributed by atoms with E-state index < -0.39 is 0 Å². The van der Waals surface area contributed by atoms with Crippen LogP contribution in [-0.2, 0) is 0 Å². The molecule has 5 nitrogen and oxygen atoms in total. The molecule has 1 aliphatic rings. The predicted octanol–water partition coefficient (Wildman–Crippen LogP) is 2.37. The van der Waals surface area contributed by atoms with E-state index >= 15 is 0 Å². The number of quaternary nitrogens is 1. The van der Waals surface area contributed by atoms with Gasteiger partial charge in [0.15, 0.2) is 0 Å². The molecule has 1 aromatic heterocycles. The lowest BCUT2D eigenvalue weighted by Gasteiger charge is -2.34. The Morgan fingerprint density at radius 1 is 1.24 bits per heavy atom. The summed E-state index contributed by atoms with van der Waals surface area (Å²) in [6.45, 7) is 7.25. The van der Waals surface area contributed by atoms with E-state index in [0.717, 1.165) is 38.4 Å². The fourth-order valence-corrected chi connectivity index (χ4v) is 3.58. The van der Waals surface area contributed by atoms with Crippen molar-refractivity contribution in [2.75, 3.05) is 42.9 Å². The molecule has 0 aliphatic carbocycles. The van der Waals surface area contributed by atoms with Gasteiger partial charge in [-0.15, -0.1) is 0 Å². The van der Waals surface area contributed by atoms with Gasteiger partial charge in [0.05, 0.1) is 54.7 Å². The molecule has 1 amide bonds. The van der Waals surface area contributed by atoms with Crippen LogP contribution in [0.15, 0.2) is 36.5 Å². The van der Waals surface area contributed by atoms with Crippen molar-refractivity contribution in [3.05, 3.63) is 52.3 Å². The zero-order valence-electron chi connectivity index (χ0n) is 14.1. The van der Waals surface area contributed by atoms with E-state index in [2.05, 4.69) is 22.1 Å². The highest BCUT2D eigenvalue weighted by Gasteiger charge is 2.23. The van der Waals surface area contributed by atoms with Crippen LogP contribution < -0.4 is 15.1 Å². The molecule has 132 valence electrons. The molecule has 0 bridgehead atoms. The molecule has 0 unspecified atom stereocenters. The molecule has 2 aromatic rings. The molecule has 7 heteroatoms. The molecule has 1 fully saturated rings. The predicted molar refractivity (Wildman–Crippen MR) is 102 cm³/mol. The number of carbonyl (C=O) groups excluding carboxylic acids is 1. The summed E-state index contributed by atoms with van der Waals surface area (Å²) in [5.74, 6) is -0.292. The van der Waals surface area contributed by atoms with Crippen LogP contribution in [0.5, 0.6) is 0 Å². The number of nitrogens with zero attached hydrogens (tertiary/aromatic N) is 2. The molecule has 0 radical (unpaired) electrons. The Labute approximate surface area is 157 Å². The number of hydrogen-bond acceptors (Lipinski definition) is 3. The van der Waals surface area contributed by atoms with E-state index in [4.69, 9.17) is 23.2 Å². The quantitative estimate of drug-likeness (QED) is 0.801. The molecule has 1 aliphatic heterocycles. The Hall–Kier alpha value is -1.82. The van der Waals surface area contributed by atoms with Gasteiger partial charge < -0.3 is 15.1 Å². The zero-order valence-corrected chi connectivity index (χ0v) is 15.6. The minimum atomic E-state index is -0.292. The monoisotopic (exact) mass is 379 g/mol. The minimum absolute atomic E-state index is 0.184. The highest BCUT2D eigenvalue weighted by Crippen LogP contribution is 2.34. The summed E-state index contributed by atoms with van der Waals surface area (Å²) in [6, 6.07) is 8.88. The summed E-state index contributed by atoms with van der Waals surface area (Å²) in [5.41, 5.74) is 1.90. The molecule has 0 saturated carbocycles. The van der Waals surface area contributed by atoms with Crippen molar-refractivity contribution in [1.82, 2.24) is 4.98 Å². The molecule has 2 heterocycles. The molecule has 0 atom stereocenters. The van der Waals surface area contributed by atoms with Crippen LogP contribution in [0.25, 0.3) is 0 Å². The normalized spacial score (nSPS) is 15.2. The van der Waals surface area contributed by atoms with Gasteiger partial charge >= 0.3 is 0 Å². The summed E-state index contributed by atoms with van der Waals surface area (Å²) in [6.07, 6.45) is 1.56. The van der Waals surface area contributed by atoms with Crippen molar-refractivity contribution in [3.8, 4) is 0 Å². The summed E-state index contributed by atoms with van der Waals surface area (Å²) >= 11 is 12.5. The second-order valence-corrected chi connectivity index (χ2v) is 6.79. The number of rotatable bonds is 4. The molecular formula is C18H21Cl2N4O+. The number of piperazine rings is 1. The van der Waals surface area contributed by atoms with Gasteiger partial charge in [0.25, 0.3) is 5.91 Å². The van der Waals surface area contributed by atoms with E-state index in [1.165, 1.54) is 0 Å². The number of nitrogens with one attached hydrogen (secondary N) is 2. The number of pyridine rings is 1. The average Bonchev–Trinajstić information content (AvgIpc) is 2.62. The van der Waals surface area contributed by atoms with E-state index in [1.54, 1.807) is 23.2 Å². The van der Waals surface area contributed by atoms with Gasteiger partial charge in [-0.25, -0.2) is 4.98 Å². The van der Waals surface area contributed by atoms with Crippen molar-refractivity contribution in [2.45, 2.75) is 6.92 Å². The van der Waals surface area contributed by atoms with Gasteiger partial charge in [-0.3, -0.25) is 4.79 Å². The molecule has 1 saturated heterocycles. The lowest BCUT2D eigenvalue weighted by atomic mass is 10.2. The maximum Gasteiger partial charge on any atom is 0.258 e. The number of hydrogen-bond donors (Lipinski definition) is 2. The van der Waals surface area contributed by atoms with Crippen LogP contribution in [0.1, 0.15) is 17.3 Å². The minimum Gasteiger partial charge on any atom is -0.357 e. The first-order chi connectivity index (χ1) is 12.1. The SMILES string of the molecule is CC[NH+]1CCN(c2c(Cl)cccc2NC(=O)c2cccnc2Cl)CC1. The Bertz CT molecular complexity index is 760. The number of likely N-dealkylation sites (N-methyl/N-ethyl adjacent to an activating group) is 1. The maximum atomic E-state index is 12.6. The van der Waals surface area contributed by atoms with E-state index in [1.807, 2.05) is 18.2 Å². The Balaban J connectivity index is 1.84. The van der Waals surface area contributed by atoms with Crippen LogP contribution in [0, 0.1) is 0 Å². The largest absolute Gasteiger partial charge is 0.357 e. The standard InChI is InChI=1S/C18H20Cl2N4O/c1-2-23-9-11-24(12-10-23)16-14(19)6-3-7-15(16)22-18(25)13-5-4-8-21-17(13)20/h3-8H,2,9-12H2,1H3,(H,22,25)/p+1. The molecule has 1 aromatic carbocycles. The number of amides is 1. The first-order valence-corrected chi connectivity index (χ1v) is 9.14. The molecular weight excluding hydrogens is 359 g/mol. The van der Waals surface area contributed by atoms with Crippen LogP contribution in [0.4, 0.5) is 11.4 Å². The van der Waals surface area contributed by atoms with Crippen molar-refractivity contribution in [1.29, 1.82) is 0 Å². The fraction of sp³-hybridized carbons (Fsp3) is 0.333. The first-order valence-electron chi connectivity index (χ1n) is 8.39. The highest BCUT2D eigenvalue weighted by molar-refractivity contribution is 6.35. The van der Waals surface area contributed by atoms with Gasteiger partial charge in [0.1, 0.15) is 5.15 Å². The average molecular weight is 380 g/mol. The number of carbonyl (C=O) groups is 1. The second kappa shape index (κ2) is 8.04. The number of anilines is 2. The lowest BCUT2D eigenvalue weighted by molar-refractivity contribution is -0.898. The highest BCUT2D eigenvalue weighted by atomic mass is 35.5. The number of benzene rings is 1. The Morgan fingerprint density at radius 2 is 2.00 bits per heavy atom. The van der Waals surface area contributed by atoms with Gasteiger partial charge in [-0.2, -0.15) is 0 Å². The maximum absolute atomic E-state index is 12.6. The topological polar surface area (TPSA) is 49.7 Å². The summed E-state index contributed by atoms with van der Waals surface area (Å²) in [5, 5.41) is 3.75. The number of halogens is 2. The van der Waals surface area contributed by atoms with E-state index in [0.29, 0.717) is 16.3 Å². The third-order valence-corrected chi connectivity index (χ3v) is 5.13. The van der Waals surface area contributed by atoms with E-state index in [9.17, 15) is 4.79 Å². The molecule has 0 spiro atoms. The van der Waals surface area contributed by atoms with Crippen molar-refractivity contribution in [2.24, 2.45) is 0 Å². The lowest BCUT2D eigenvalue weighted by Crippen LogP contribution is -3.14. The van der Waals surface area contributed by atoms with Crippen molar-refractivity contribution < 1.29 is 9.69 Å². The Morgan fingerprint density at radius 3 is 2.68 bits per heavy atom. The number of aromatic nitrogens is 1. The summed E-state index contributed by atoms with van der Waals surface area (Å²) in [4.78, 5) is 20.4. The van der Waals surface area contributed by atoms with Crippen LogP contribution in [0.2, 0.25) is 10.2 Å². The van der Waals surface area contributed by atoms with Crippen LogP contribution >= 0.6 is 23.2 Å². The van der Waals surface area contributed by atoms with Crippen molar-refractivity contribution >= 4 is 40.5 Å². The summed E-state index contributed by atoms with van der Waals surface area (Å²) in [7, 11) is 0. The zero-order chi connectivity index (χ0) is 17.8. The molecule has 25 heavy (non-hydrogen) atoms. The summed E-state index contributed by atoms with van der Waals surface area (Å²) < 4.78 is 0.